The first-order valence-corrected chi connectivity index (χ1v) is 9.02. The standard InChI is InChI=1S/C20H22N4O/c1-12-19-15(14-5-3-4-6-18(14)22-19)7-8-24(12)20(25)17-9-16(17)13-10-21-23(2)11-13/h3-6,10-12,16-17,22H,7-9H2,1-2H3. The van der Waals surface area contributed by atoms with Crippen LogP contribution in [0.1, 0.15) is 42.1 Å². The van der Waals surface area contributed by atoms with Gasteiger partial charge in [0.1, 0.15) is 0 Å². The number of H-pyrrole nitrogens is 1. The molecule has 2 aromatic heterocycles. The lowest BCUT2D eigenvalue weighted by Crippen LogP contribution is -2.39. The van der Waals surface area contributed by atoms with E-state index in [1.807, 2.05) is 24.1 Å². The second kappa shape index (κ2) is 5.22. The third-order valence-corrected chi connectivity index (χ3v) is 5.88. The summed E-state index contributed by atoms with van der Waals surface area (Å²) >= 11 is 0. The molecule has 1 aliphatic carbocycles. The Kier molecular flexibility index (Phi) is 3.08. The highest BCUT2D eigenvalue weighted by molar-refractivity contribution is 5.87. The molecule has 3 heterocycles. The molecule has 5 nitrogen and oxygen atoms in total. The topological polar surface area (TPSA) is 53.9 Å². The molecule has 25 heavy (non-hydrogen) atoms. The molecule has 1 N–H and O–H groups in total. The third-order valence-electron chi connectivity index (χ3n) is 5.88. The van der Waals surface area contributed by atoms with Gasteiger partial charge in [-0.05, 0) is 42.9 Å². The molecular formula is C20H22N4O. The predicted octanol–water partition coefficient (Wildman–Crippen LogP) is 3.15. The number of hydrogen-bond donors (Lipinski definition) is 1. The minimum atomic E-state index is 0.110. The number of hydrogen-bond acceptors (Lipinski definition) is 2. The van der Waals surface area contributed by atoms with E-state index in [0.717, 1.165) is 19.4 Å². The molecule has 1 aliphatic heterocycles. The minimum Gasteiger partial charge on any atom is -0.356 e. The molecule has 0 spiro atoms. The molecule has 1 aromatic carbocycles. The number of para-hydroxylation sites is 1. The molecule has 3 aromatic rings. The van der Waals surface area contributed by atoms with Crippen molar-refractivity contribution in [2.24, 2.45) is 13.0 Å². The molecule has 0 bridgehead atoms. The molecule has 1 fully saturated rings. The molecule has 3 atom stereocenters. The average Bonchev–Trinajstić information content (AvgIpc) is 3.15. The molecule has 1 saturated carbocycles. The van der Waals surface area contributed by atoms with Gasteiger partial charge in [-0.25, -0.2) is 0 Å². The lowest BCUT2D eigenvalue weighted by molar-refractivity contribution is -0.135. The van der Waals surface area contributed by atoms with Gasteiger partial charge in [0.05, 0.1) is 12.2 Å². The number of amides is 1. The predicted molar refractivity (Wildman–Crippen MR) is 96.2 cm³/mol. The molecule has 128 valence electrons. The van der Waals surface area contributed by atoms with Crippen LogP contribution >= 0.6 is 0 Å². The Balaban J connectivity index is 1.40. The highest BCUT2D eigenvalue weighted by Gasteiger charge is 2.47. The summed E-state index contributed by atoms with van der Waals surface area (Å²) in [7, 11) is 1.92. The van der Waals surface area contributed by atoms with Gasteiger partial charge in [-0.1, -0.05) is 18.2 Å². The summed E-state index contributed by atoms with van der Waals surface area (Å²) in [5.41, 5.74) is 4.95. The second-order valence-corrected chi connectivity index (χ2v) is 7.42. The lowest BCUT2D eigenvalue weighted by Gasteiger charge is -2.34. The van der Waals surface area contributed by atoms with Crippen LogP contribution in [-0.2, 0) is 18.3 Å². The molecule has 5 heteroatoms. The molecule has 3 unspecified atom stereocenters. The fourth-order valence-electron chi connectivity index (χ4n) is 4.41. The molecule has 1 amide bonds. The fraction of sp³-hybridized carbons (Fsp3) is 0.400. The summed E-state index contributed by atoms with van der Waals surface area (Å²) in [5.74, 6) is 0.765. The van der Waals surface area contributed by atoms with Crippen molar-refractivity contribution in [2.45, 2.75) is 31.7 Å². The van der Waals surface area contributed by atoms with Crippen LogP contribution < -0.4 is 0 Å². The van der Waals surface area contributed by atoms with Gasteiger partial charge < -0.3 is 9.88 Å². The Bertz CT molecular complexity index is 969. The highest BCUT2D eigenvalue weighted by Crippen LogP contribution is 2.49. The van der Waals surface area contributed by atoms with Gasteiger partial charge in [-0.15, -0.1) is 0 Å². The van der Waals surface area contributed by atoms with Gasteiger partial charge in [0.25, 0.3) is 0 Å². The van der Waals surface area contributed by atoms with E-state index in [4.69, 9.17) is 0 Å². The van der Waals surface area contributed by atoms with E-state index in [1.165, 1.54) is 27.7 Å². The van der Waals surface area contributed by atoms with E-state index in [1.54, 1.807) is 0 Å². The van der Waals surface area contributed by atoms with Crippen LogP contribution in [0.3, 0.4) is 0 Å². The van der Waals surface area contributed by atoms with Crippen molar-refractivity contribution in [2.75, 3.05) is 6.54 Å². The number of nitrogens with one attached hydrogen (secondary N) is 1. The van der Waals surface area contributed by atoms with E-state index >= 15 is 0 Å². The van der Waals surface area contributed by atoms with Crippen molar-refractivity contribution in [1.29, 1.82) is 0 Å². The maximum absolute atomic E-state index is 13.1. The van der Waals surface area contributed by atoms with Crippen LogP contribution in [0.25, 0.3) is 10.9 Å². The van der Waals surface area contributed by atoms with Crippen LogP contribution in [-0.4, -0.2) is 32.1 Å². The number of nitrogens with zero attached hydrogens (tertiary/aromatic N) is 3. The number of benzene rings is 1. The Morgan fingerprint density at radius 1 is 1.32 bits per heavy atom. The van der Waals surface area contributed by atoms with Gasteiger partial charge >= 0.3 is 0 Å². The van der Waals surface area contributed by atoms with E-state index in [9.17, 15) is 4.79 Å². The van der Waals surface area contributed by atoms with Gasteiger partial charge in [-0.2, -0.15) is 5.10 Å². The molecule has 0 radical (unpaired) electrons. The van der Waals surface area contributed by atoms with Crippen LogP contribution in [0.2, 0.25) is 0 Å². The van der Waals surface area contributed by atoms with Crippen molar-refractivity contribution < 1.29 is 4.79 Å². The maximum Gasteiger partial charge on any atom is 0.226 e. The SMILES string of the molecule is CC1c2[nH]c3ccccc3c2CCN1C(=O)C1CC1c1cnn(C)c1. The number of aromatic nitrogens is 3. The zero-order chi connectivity index (χ0) is 17.1. The van der Waals surface area contributed by atoms with E-state index in [-0.39, 0.29) is 12.0 Å². The zero-order valence-corrected chi connectivity index (χ0v) is 14.6. The molecule has 2 aliphatic rings. The first kappa shape index (κ1) is 14.8. The van der Waals surface area contributed by atoms with Crippen molar-refractivity contribution in [1.82, 2.24) is 19.7 Å². The Morgan fingerprint density at radius 3 is 2.96 bits per heavy atom. The first-order valence-electron chi connectivity index (χ1n) is 9.02. The van der Waals surface area contributed by atoms with Crippen LogP contribution in [0, 0.1) is 5.92 Å². The van der Waals surface area contributed by atoms with Crippen molar-refractivity contribution in [3.05, 3.63) is 53.5 Å². The average molecular weight is 334 g/mol. The second-order valence-electron chi connectivity index (χ2n) is 7.42. The van der Waals surface area contributed by atoms with Crippen LogP contribution in [0.5, 0.6) is 0 Å². The number of aryl methyl sites for hydroxylation is 1. The Labute approximate surface area is 146 Å². The summed E-state index contributed by atoms with van der Waals surface area (Å²) < 4.78 is 1.81. The summed E-state index contributed by atoms with van der Waals surface area (Å²) in [4.78, 5) is 18.7. The zero-order valence-electron chi connectivity index (χ0n) is 14.6. The number of fused-ring (bicyclic) bond motifs is 3. The monoisotopic (exact) mass is 334 g/mol. The van der Waals surface area contributed by atoms with E-state index in [0.29, 0.717) is 11.8 Å². The van der Waals surface area contributed by atoms with Crippen molar-refractivity contribution >= 4 is 16.8 Å². The van der Waals surface area contributed by atoms with E-state index < -0.39 is 0 Å². The summed E-state index contributed by atoms with van der Waals surface area (Å²) in [6.45, 7) is 2.96. The fourth-order valence-corrected chi connectivity index (χ4v) is 4.41. The molecule has 0 saturated heterocycles. The van der Waals surface area contributed by atoms with Crippen LogP contribution in [0.4, 0.5) is 0 Å². The van der Waals surface area contributed by atoms with Gasteiger partial charge in [0, 0.05) is 42.3 Å². The number of carbonyl (C=O) groups is 1. The van der Waals surface area contributed by atoms with Crippen LogP contribution in [0.15, 0.2) is 36.7 Å². The summed E-state index contributed by atoms with van der Waals surface area (Å²) in [5, 5.41) is 5.54. The number of rotatable bonds is 2. The third kappa shape index (κ3) is 2.22. The Hall–Kier alpha value is -2.56. The normalized spacial score (nSPS) is 25.2. The lowest BCUT2D eigenvalue weighted by atomic mass is 9.97. The largest absolute Gasteiger partial charge is 0.356 e. The summed E-state index contributed by atoms with van der Waals surface area (Å²) in [6.07, 6.45) is 5.81. The Morgan fingerprint density at radius 2 is 2.16 bits per heavy atom. The first-order chi connectivity index (χ1) is 12.1. The quantitative estimate of drug-likeness (QED) is 0.783. The molecular weight excluding hydrogens is 312 g/mol. The maximum atomic E-state index is 13.1. The number of aromatic amines is 1. The van der Waals surface area contributed by atoms with E-state index in [2.05, 4.69) is 46.2 Å². The van der Waals surface area contributed by atoms with Crippen molar-refractivity contribution in [3.63, 3.8) is 0 Å². The van der Waals surface area contributed by atoms with Gasteiger partial charge in [0.2, 0.25) is 5.91 Å². The number of carbonyl (C=O) groups excluding carboxylic acids is 1. The minimum absolute atomic E-state index is 0.110. The smallest absolute Gasteiger partial charge is 0.226 e. The van der Waals surface area contributed by atoms with Gasteiger partial charge in [0.15, 0.2) is 0 Å². The van der Waals surface area contributed by atoms with Gasteiger partial charge in [-0.3, -0.25) is 9.48 Å². The highest BCUT2D eigenvalue weighted by atomic mass is 16.2. The van der Waals surface area contributed by atoms with Crippen molar-refractivity contribution in [3.8, 4) is 0 Å². The summed E-state index contributed by atoms with van der Waals surface area (Å²) in [6, 6.07) is 8.54. The molecule has 5 rings (SSSR count).